The number of rotatable bonds is 6. The van der Waals surface area contributed by atoms with Gasteiger partial charge in [0.2, 0.25) is 0 Å². The summed E-state index contributed by atoms with van der Waals surface area (Å²) < 4.78 is 113. The van der Waals surface area contributed by atoms with Crippen LogP contribution in [0, 0.1) is 11.6 Å². The van der Waals surface area contributed by atoms with Crippen molar-refractivity contribution >= 4 is 6.09 Å². The van der Waals surface area contributed by atoms with E-state index < -0.39 is 58.9 Å². The Balaban J connectivity index is 1.88. The maximum absolute atomic E-state index is 13.9. The van der Waals surface area contributed by atoms with Gasteiger partial charge in [0.05, 0.1) is 11.1 Å². The lowest BCUT2D eigenvalue weighted by atomic mass is 9.87. The van der Waals surface area contributed by atoms with E-state index in [4.69, 9.17) is 4.74 Å². The summed E-state index contributed by atoms with van der Waals surface area (Å²) in [4.78, 5) is 14.7. The van der Waals surface area contributed by atoms with Crippen LogP contribution in [0.15, 0.2) is 36.4 Å². The van der Waals surface area contributed by atoms with Crippen LogP contribution < -0.4 is 5.32 Å². The second-order valence-corrected chi connectivity index (χ2v) is 11.0. The third-order valence-electron chi connectivity index (χ3n) is 6.67. The van der Waals surface area contributed by atoms with Crippen LogP contribution in [0.5, 0.6) is 0 Å². The highest BCUT2D eigenvalue weighted by molar-refractivity contribution is 5.69. The largest absolute Gasteiger partial charge is 0.444 e. The Hall–Kier alpha value is -2.89. The molecule has 1 amide bonds. The Kier molecular flexibility index (Phi) is 9.43. The molecule has 1 fully saturated rings. The maximum Gasteiger partial charge on any atom is 0.416 e. The number of amides is 1. The molecule has 222 valence electrons. The van der Waals surface area contributed by atoms with Crippen LogP contribution in [0.1, 0.15) is 69.2 Å². The zero-order valence-corrected chi connectivity index (χ0v) is 22.5. The molecule has 12 heteroatoms. The third-order valence-corrected chi connectivity index (χ3v) is 6.67. The van der Waals surface area contributed by atoms with Crippen molar-refractivity contribution in [2.45, 2.75) is 96.0 Å². The van der Waals surface area contributed by atoms with E-state index in [9.17, 15) is 39.9 Å². The lowest BCUT2D eigenvalue weighted by molar-refractivity contribution is -0.143. The van der Waals surface area contributed by atoms with Crippen LogP contribution in [0.25, 0.3) is 0 Å². The number of nitrogens with zero attached hydrogens (tertiary/aromatic N) is 1. The molecule has 1 saturated heterocycles. The van der Waals surface area contributed by atoms with Gasteiger partial charge < -0.3 is 15.0 Å². The predicted molar refractivity (Wildman–Crippen MR) is 132 cm³/mol. The standard InChI is InChI=1S/C28H32F8N2O2/c1-5-21-13-20(37-15-17-8-18(27(31,32)33)12-19(9-17)28(34,35)36)14-22(38(21)25(39)40-26(2,3)4)10-16-6-7-23(29)24(30)11-16/h6-9,11-12,20-22,37H,5,10,13-15H2,1-4H3. The van der Waals surface area contributed by atoms with Gasteiger partial charge in [-0.2, -0.15) is 26.3 Å². The minimum atomic E-state index is -4.96. The molecular formula is C28H32F8N2O2. The summed E-state index contributed by atoms with van der Waals surface area (Å²) in [5.74, 6) is -2.08. The average Bonchev–Trinajstić information content (AvgIpc) is 2.82. The molecule has 3 atom stereocenters. The van der Waals surface area contributed by atoms with Gasteiger partial charge in [0.1, 0.15) is 5.60 Å². The van der Waals surface area contributed by atoms with Crippen LogP contribution in [-0.4, -0.2) is 34.7 Å². The van der Waals surface area contributed by atoms with Crippen LogP contribution in [0.3, 0.4) is 0 Å². The second-order valence-electron chi connectivity index (χ2n) is 11.0. The third kappa shape index (κ3) is 8.31. The van der Waals surface area contributed by atoms with Crippen LogP contribution in [0.4, 0.5) is 39.9 Å². The van der Waals surface area contributed by atoms with E-state index in [0.29, 0.717) is 30.5 Å². The number of hydrogen-bond acceptors (Lipinski definition) is 3. The van der Waals surface area contributed by atoms with Gasteiger partial charge in [0.15, 0.2) is 11.6 Å². The number of carbonyl (C=O) groups excluding carboxylic acids is 1. The molecule has 4 nitrogen and oxygen atoms in total. The van der Waals surface area contributed by atoms with Gasteiger partial charge in [-0.25, -0.2) is 13.6 Å². The predicted octanol–water partition coefficient (Wildman–Crippen LogP) is 7.88. The number of benzene rings is 2. The molecule has 2 aromatic carbocycles. The lowest BCUT2D eigenvalue weighted by Gasteiger charge is -2.45. The normalized spacial score (nSPS) is 20.5. The van der Waals surface area contributed by atoms with Crippen molar-refractivity contribution in [3.63, 3.8) is 0 Å². The van der Waals surface area contributed by atoms with Crippen molar-refractivity contribution in [1.82, 2.24) is 10.2 Å². The lowest BCUT2D eigenvalue weighted by Crippen LogP contribution is -2.57. The number of hydrogen-bond donors (Lipinski definition) is 1. The van der Waals surface area contributed by atoms with Crippen molar-refractivity contribution in [3.8, 4) is 0 Å². The first-order valence-electron chi connectivity index (χ1n) is 12.8. The number of carbonyl (C=O) groups is 1. The number of piperidine rings is 1. The van der Waals surface area contributed by atoms with Crippen molar-refractivity contribution in [3.05, 3.63) is 70.3 Å². The summed E-state index contributed by atoms with van der Waals surface area (Å²) in [6, 6.07) is 3.47. The molecule has 1 heterocycles. The fourth-order valence-corrected chi connectivity index (χ4v) is 4.93. The van der Waals surface area contributed by atoms with Gasteiger partial charge in [0.25, 0.3) is 0 Å². The van der Waals surface area contributed by atoms with E-state index in [1.807, 2.05) is 6.92 Å². The summed E-state index contributed by atoms with van der Waals surface area (Å²) in [5, 5.41) is 3.06. The summed E-state index contributed by atoms with van der Waals surface area (Å²) in [6.45, 7) is 6.66. The number of ether oxygens (including phenoxy) is 1. The van der Waals surface area contributed by atoms with Crippen LogP contribution in [-0.2, 0) is 30.1 Å². The van der Waals surface area contributed by atoms with Gasteiger partial charge in [-0.3, -0.25) is 0 Å². The summed E-state index contributed by atoms with van der Waals surface area (Å²) in [6.07, 6.45) is -9.30. The summed E-state index contributed by atoms with van der Waals surface area (Å²) in [7, 11) is 0. The quantitative estimate of drug-likeness (QED) is 0.354. The molecule has 3 rings (SSSR count). The van der Waals surface area contributed by atoms with E-state index in [-0.39, 0.29) is 37.1 Å². The van der Waals surface area contributed by atoms with E-state index in [0.717, 1.165) is 12.1 Å². The summed E-state index contributed by atoms with van der Waals surface area (Å²) >= 11 is 0. The highest BCUT2D eigenvalue weighted by atomic mass is 19.4. The SMILES string of the molecule is CCC1CC(NCc2cc(C(F)(F)F)cc(C(F)(F)F)c2)CC(Cc2ccc(F)c(F)c2)N1C(=O)OC(C)(C)C. The Labute approximate surface area is 227 Å². The minimum absolute atomic E-state index is 0.0772. The minimum Gasteiger partial charge on any atom is -0.444 e. The molecule has 3 unspecified atom stereocenters. The topological polar surface area (TPSA) is 41.6 Å². The zero-order valence-electron chi connectivity index (χ0n) is 22.5. The highest BCUT2D eigenvalue weighted by Crippen LogP contribution is 2.37. The molecule has 40 heavy (non-hydrogen) atoms. The molecule has 1 aliphatic heterocycles. The number of likely N-dealkylation sites (tertiary alicyclic amines) is 1. The first-order valence-corrected chi connectivity index (χ1v) is 12.8. The Morgan fingerprint density at radius 2 is 1.45 bits per heavy atom. The number of alkyl halides is 6. The maximum atomic E-state index is 13.9. The second kappa shape index (κ2) is 11.9. The first-order chi connectivity index (χ1) is 18.4. The molecule has 2 aromatic rings. The molecule has 0 aromatic heterocycles. The summed E-state index contributed by atoms with van der Waals surface area (Å²) in [5.41, 5.74) is -3.39. The van der Waals surface area contributed by atoms with Gasteiger partial charge in [-0.05, 0) is 87.9 Å². The van der Waals surface area contributed by atoms with Crippen molar-refractivity contribution in [2.75, 3.05) is 0 Å². The van der Waals surface area contributed by atoms with E-state index >= 15 is 0 Å². The Morgan fingerprint density at radius 3 is 1.95 bits per heavy atom. The number of nitrogens with one attached hydrogen (secondary N) is 1. The monoisotopic (exact) mass is 580 g/mol. The molecule has 1 N–H and O–H groups in total. The zero-order chi connectivity index (χ0) is 30.0. The van der Waals surface area contributed by atoms with Crippen LogP contribution >= 0.6 is 0 Å². The van der Waals surface area contributed by atoms with Crippen molar-refractivity contribution in [1.29, 1.82) is 0 Å². The van der Waals surface area contributed by atoms with Crippen molar-refractivity contribution < 1.29 is 44.7 Å². The molecule has 0 spiro atoms. The fourth-order valence-electron chi connectivity index (χ4n) is 4.93. The fraction of sp³-hybridized carbons (Fsp3) is 0.536. The molecule has 1 aliphatic rings. The average molecular weight is 581 g/mol. The van der Waals surface area contributed by atoms with Gasteiger partial charge in [-0.1, -0.05) is 13.0 Å². The molecular weight excluding hydrogens is 548 g/mol. The molecule has 0 aliphatic carbocycles. The first kappa shape index (κ1) is 31.6. The highest BCUT2D eigenvalue weighted by Gasteiger charge is 2.40. The smallest absolute Gasteiger partial charge is 0.416 e. The van der Waals surface area contributed by atoms with E-state index in [2.05, 4.69) is 5.32 Å². The van der Waals surface area contributed by atoms with Gasteiger partial charge >= 0.3 is 18.4 Å². The van der Waals surface area contributed by atoms with Gasteiger partial charge in [-0.15, -0.1) is 0 Å². The van der Waals surface area contributed by atoms with E-state index in [1.165, 1.54) is 6.07 Å². The molecule has 0 saturated carbocycles. The number of halogens is 8. The molecule has 0 radical (unpaired) electrons. The Morgan fingerprint density at radius 1 is 0.875 bits per heavy atom. The van der Waals surface area contributed by atoms with Crippen LogP contribution in [0.2, 0.25) is 0 Å². The Bertz CT molecular complexity index is 1160. The molecule has 0 bridgehead atoms. The van der Waals surface area contributed by atoms with E-state index in [1.54, 1.807) is 25.7 Å². The van der Waals surface area contributed by atoms with Gasteiger partial charge in [0, 0.05) is 24.7 Å². The van der Waals surface area contributed by atoms with Crippen molar-refractivity contribution in [2.24, 2.45) is 0 Å².